The van der Waals surface area contributed by atoms with Crippen LogP contribution in [0.1, 0.15) is 6.92 Å². The molecular formula is C8H17BrN2. The molecular weight excluding hydrogens is 204 g/mol. The van der Waals surface area contributed by atoms with Gasteiger partial charge in [0.2, 0.25) is 0 Å². The molecule has 0 aromatic heterocycles. The minimum Gasteiger partial charge on any atom is -0.304 e. The molecule has 0 radical (unpaired) electrons. The summed E-state index contributed by atoms with van der Waals surface area (Å²) in [6.07, 6.45) is 0. The number of piperazine rings is 1. The molecule has 0 N–H and O–H groups in total. The first-order chi connectivity index (χ1) is 5.24. The number of rotatable bonds is 2. The lowest BCUT2D eigenvalue weighted by Gasteiger charge is -2.37. The first-order valence-corrected chi connectivity index (χ1v) is 5.34. The zero-order valence-electron chi connectivity index (χ0n) is 7.39. The number of hydrogen-bond donors (Lipinski definition) is 0. The summed E-state index contributed by atoms with van der Waals surface area (Å²) in [5.41, 5.74) is 0. The van der Waals surface area contributed by atoms with Gasteiger partial charge in [0.15, 0.2) is 0 Å². The highest BCUT2D eigenvalue weighted by atomic mass is 79.9. The van der Waals surface area contributed by atoms with Crippen LogP contribution < -0.4 is 0 Å². The Hall–Kier alpha value is 0.400. The first kappa shape index (κ1) is 9.49. The van der Waals surface area contributed by atoms with E-state index >= 15 is 0 Å². The zero-order valence-corrected chi connectivity index (χ0v) is 8.97. The van der Waals surface area contributed by atoms with Gasteiger partial charge in [-0.3, -0.25) is 4.90 Å². The predicted octanol–water partition coefficient (Wildman–Crippen LogP) is 1.02. The van der Waals surface area contributed by atoms with Crippen LogP contribution in [-0.4, -0.2) is 54.4 Å². The maximum absolute atomic E-state index is 3.47. The lowest BCUT2D eigenvalue weighted by atomic mass is 10.2. The summed E-state index contributed by atoms with van der Waals surface area (Å²) in [6.45, 7) is 7.15. The molecule has 1 aliphatic rings. The number of nitrogens with zero attached hydrogens (tertiary/aromatic N) is 2. The van der Waals surface area contributed by atoms with Crippen molar-refractivity contribution in [3.8, 4) is 0 Å². The van der Waals surface area contributed by atoms with Gasteiger partial charge in [-0.25, -0.2) is 0 Å². The van der Waals surface area contributed by atoms with E-state index in [9.17, 15) is 0 Å². The Morgan fingerprint density at radius 1 is 1.45 bits per heavy atom. The lowest BCUT2D eigenvalue weighted by molar-refractivity contribution is 0.107. The van der Waals surface area contributed by atoms with Gasteiger partial charge in [0.1, 0.15) is 0 Å². The van der Waals surface area contributed by atoms with Crippen molar-refractivity contribution in [2.45, 2.75) is 13.0 Å². The predicted molar refractivity (Wildman–Crippen MR) is 52.3 cm³/mol. The quantitative estimate of drug-likeness (QED) is 0.642. The van der Waals surface area contributed by atoms with Gasteiger partial charge in [0, 0.05) is 37.6 Å². The van der Waals surface area contributed by atoms with Crippen LogP contribution in [-0.2, 0) is 0 Å². The van der Waals surface area contributed by atoms with Crippen molar-refractivity contribution in [3.63, 3.8) is 0 Å². The third-order valence-corrected chi connectivity index (χ3v) is 2.69. The molecule has 2 nitrogen and oxygen atoms in total. The van der Waals surface area contributed by atoms with E-state index in [0.717, 1.165) is 11.4 Å². The molecule has 1 unspecified atom stereocenters. The molecule has 0 saturated carbocycles. The van der Waals surface area contributed by atoms with Gasteiger partial charge in [0.05, 0.1) is 0 Å². The molecule has 1 fully saturated rings. The summed E-state index contributed by atoms with van der Waals surface area (Å²) in [7, 11) is 2.20. The van der Waals surface area contributed by atoms with Crippen molar-refractivity contribution in [1.29, 1.82) is 0 Å². The van der Waals surface area contributed by atoms with E-state index in [1.807, 2.05) is 0 Å². The molecule has 66 valence electrons. The van der Waals surface area contributed by atoms with Crippen molar-refractivity contribution >= 4 is 15.9 Å². The van der Waals surface area contributed by atoms with E-state index in [4.69, 9.17) is 0 Å². The standard InChI is InChI=1S/C8H17BrN2/c1-8-7-10(2)5-6-11(8)4-3-9/h8H,3-7H2,1-2H3. The van der Waals surface area contributed by atoms with E-state index in [1.54, 1.807) is 0 Å². The smallest absolute Gasteiger partial charge is 0.0195 e. The molecule has 11 heavy (non-hydrogen) atoms. The summed E-state index contributed by atoms with van der Waals surface area (Å²) in [6, 6.07) is 0.728. The van der Waals surface area contributed by atoms with E-state index in [0.29, 0.717) is 0 Å². The third kappa shape index (κ3) is 2.73. The molecule has 0 amide bonds. The van der Waals surface area contributed by atoms with Crippen LogP contribution in [0.5, 0.6) is 0 Å². The summed E-state index contributed by atoms with van der Waals surface area (Å²) >= 11 is 3.47. The maximum atomic E-state index is 3.47. The molecule has 1 aliphatic heterocycles. The van der Waals surface area contributed by atoms with E-state index < -0.39 is 0 Å². The van der Waals surface area contributed by atoms with E-state index in [1.165, 1.54) is 26.2 Å². The van der Waals surface area contributed by atoms with Gasteiger partial charge < -0.3 is 4.90 Å². The topological polar surface area (TPSA) is 6.48 Å². The maximum Gasteiger partial charge on any atom is 0.0195 e. The van der Waals surface area contributed by atoms with Crippen LogP contribution in [0.4, 0.5) is 0 Å². The molecule has 1 saturated heterocycles. The second kappa shape index (κ2) is 4.43. The Bertz CT molecular complexity index is 119. The van der Waals surface area contributed by atoms with Gasteiger partial charge in [0.25, 0.3) is 0 Å². The minimum absolute atomic E-state index is 0.728. The molecule has 0 bridgehead atoms. The summed E-state index contributed by atoms with van der Waals surface area (Å²) < 4.78 is 0. The van der Waals surface area contributed by atoms with Crippen LogP contribution in [0.25, 0.3) is 0 Å². The van der Waals surface area contributed by atoms with Gasteiger partial charge in [-0.05, 0) is 14.0 Å². The second-order valence-electron chi connectivity index (χ2n) is 3.34. The fourth-order valence-corrected chi connectivity index (χ4v) is 2.07. The average Bonchev–Trinajstić information content (AvgIpc) is 1.95. The Labute approximate surface area is 77.7 Å². The second-order valence-corrected chi connectivity index (χ2v) is 4.13. The molecule has 1 rings (SSSR count). The zero-order chi connectivity index (χ0) is 8.27. The molecule has 1 atom stereocenters. The molecule has 0 aromatic rings. The summed E-state index contributed by atoms with van der Waals surface area (Å²) in [4.78, 5) is 4.93. The lowest BCUT2D eigenvalue weighted by Crippen LogP contribution is -2.50. The molecule has 0 aliphatic carbocycles. The van der Waals surface area contributed by atoms with Crippen molar-refractivity contribution in [2.75, 3.05) is 38.6 Å². The van der Waals surface area contributed by atoms with Crippen LogP contribution in [0, 0.1) is 0 Å². The summed E-state index contributed by atoms with van der Waals surface area (Å²) in [5.74, 6) is 0. The average molecular weight is 221 g/mol. The minimum atomic E-state index is 0.728. The Morgan fingerprint density at radius 3 is 2.73 bits per heavy atom. The fourth-order valence-electron chi connectivity index (χ4n) is 1.62. The third-order valence-electron chi connectivity index (χ3n) is 2.34. The highest BCUT2D eigenvalue weighted by molar-refractivity contribution is 9.09. The van der Waals surface area contributed by atoms with Crippen LogP contribution in [0.3, 0.4) is 0 Å². The van der Waals surface area contributed by atoms with Gasteiger partial charge in [-0.15, -0.1) is 0 Å². The largest absolute Gasteiger partial charge is 0.304 e. The fraction of sp³-hybridized carbons (Fsp3) is 1.00. The molecule has 3 heteroatoms. The normalized spacial score (nSPS) is 29.2. The number of alkyl halides is 1. The monoisotopic (exact) mass is 220 g/mol. The Morgan fingerprint density at radius 2 is 2.18 bits per heavy atom. The number of likely N-dealkylation sites (N-methyl/N-ethyl adjacent to an activating group) is 1. The number of hydrogen-bond acceptors (Lipinski definition) is 2. The van der Waals surface area contributed by atoms with Gasteiger partial charge >= 0.3 is 0 Å². The molecule has 1 heterocycles. The Kier molecular flexibility index (Phi) is 3.82. The van der Waals surface area contributed by atoms with Gasteiger partial charge in [-0.1, -0.05) is 15.9 Å². The van der Waals surface area contributed by atoms with Crippen molar-refractivity contribution in [1.82, 2.24) is 9.80 Å². The molecule has 0 aromatic carbocycles. The van der Waals surface area contributed by atoms with Crippen molar-refractivity contribution < 1.29 is 0 Å². The highest BCUT2D eigenvalue weighted by Crippen LogP contribution is 2.07. The van der Waals surface area contributed by atoms with Crippen LogP contribution in [0.2, 0.25) is 0 Å². The van der Waals surface area contributed by atoms with Crippen molar-refractivity contribution in [2.24, 2.45) is 0 Å². The van der Waals surface area contributed by atoms with Gasteiger partial charge in [-0.2, -0.15) is 0 Å². The summed E-state index contributed by atoms with van der Waals surface area (Å²) in [5, 5.41) is 1.10. The highest BCUT2D eigenvalue weighted by Gasteiger charge is 2.19. The Balaban J connectivity index is 2.31. The van der Waals surface area contributed by atoms with Crippen molar-refractivity contribution in [3.05, 3.63) is 0 Å². The van der Waals surface area contributed by atoms with E-state index in [-0.39, 0.29) is 0 Å². The first-order valence-electron chi connectivity index (χ1n) is 4.22. The number of halogens is 1. The van der Waals surface area contributed by atoms with Crippen LogP contribution in [0.15, 0.2) is 0 Å². The van der Waals surface area contributed by atoms with E-state index in [2.05, 4.69) is 39.7 Å². The van der Waals surface area contributed by atoms with Crippen LogP contribution >= 0.6 is 15.9 Å². The SMILES string of the molecule is CC1CN(C)CCN1CCBr. The molecule has 0 spiro atoms.